The lowest BCUT2D eigenvalue weighted by Gasteiger charge is -2.39. The summed E-state index contributed by atoms with van der Waals surface area (Å²) in [5.41, 5.74) is 6.05. The van der Waals surface area contributed by atoms with Crippen LogP contribution in [-0.2, 0) is 28.2 Å². The molecular weight excluding hydrogens is 613 g/mol. The normalized spacial score (nSPS) is 18.5. The number of hydrogen-bond acceptors (Lipinski definition) is 4. The number of likely N-dealkylation sites (N-methyl/N-ethyl adjacent to an activating group) is 1. The molecule has 2 N–H and O–H groups in total. The molecule has 0 spiro atoms. The predicted molar refractivity (Wildman–Crippen MR) is 217 cm³/mol. The molecule has 282 valence electrons. The second kappa shape index (κ2) is 15.7. The smallest absolute Gasteiger partial charge is 0.128 e. The Labute approximate surface area is 308 Å². The van der Waals surface area contributed by atoms with Gasteiger partial charge in [0.25, 0.3) is 0 Å². The molecule has 0 aromatic heterocycles. The van der Waals surface area contributed by atoms with Gasteiger partial charge in [0.1, 0.15) is 11.5 Å². The van der Waals surface area contributed by atoms with Crippen molar-refractivity contribution in [1.82, 2.24) is 4.90 Å². The number of rotatable bonds is 14. The van der Waals surface area contributed by atoms with Crippen LogP contribution in [0, 0.1) is 23.7 Å². The zero-order valence-electron chi connectivity index (χ0n) is 35.4. The Bertz CT molecular complexity index is 1470. The van der Waals surface area contributed by atoms with Gasteiger partial charge in [0, 0.05) is 41.1 Å². The molecule has 3 rings (SSSR count). The first-order chi connectivity index (χ1) is 22.9. The molecule has 0 unspecified atom stereocenters. The van der Waals surface area contributed by atoms with Crippen molar-refractivity contribution in [2.45, 2.75) is 184 Å². The van der Waals surface area contributed by atoms with Gasteiger partial charge in [-0.05, 0) is 81.9 Å². The van der Waals surface area contributed by atoms with E-state index in [4.69, 9.17) is 4.99 Å². The van der Waals surface area contributed by atoms with Gasteiger partial charge in [-0.2, -0.15) is 0 Å². The van der Waals surface area contributed by atoms with Crippen LogP contribution in [0.5, 0.6) is 11.5 Å². The lowest BCUT2D eigenvalue weighted by Crippen LogP contribution is -2.44. The molecule has 4 nitrogen and oxygen atoms in total. The van der Waals surface area contributed by atoms with Gasteiger partial charge in [-0.25, -0.2) is 0 Å². The van der Waals surface area contributed by atoms with Crippen molar-refractivity contribution in [3.05, 3.63) is 57.6 Å². The summed E-state index contributed by atoms with van der Waals surface area (Å²) >= 11 is 0. The van der Waals surface area contributed by atoms with Gasteiger partial charge in [-0.15, -0.1) is 0 Å². The SMILES string of the molecule is CCN(Cc1cc(C(C)(C)C(C)C)cc(C(C)(C)C(C)C)c1O)[C@@H]1CCCC[C@H]1N=Cc1cc(C(C)(C)C(C)C)cc(C(C)(C)C(C)C)c1O. The number of aromatic hydroxyl groups is 2. The maximum absolute atomic E-state index is 12.0. The molecule has 2 aromatic carbocycles. The number of hydrogen-bond donors (Lipinski definition) is 2. The summed E-state index contributed by atoms with van der Waals surface area (Å²) in [6, 6.07) is 9.40. The van der Waals surface area contributed by atoms with Gasteiger partial charge >= 0.3 is 0 Å². The quantitative estimate of drug-likeness (QED) is 0.194. The summed E-state index contributed by atoms with van der Waals surface area (Å²) in [7, 11) is 0. The van der Waals surface area contributed by atoms with Crippen molar-refractivity contribution in [2.75, 3.05) is 6.54 Å². The molecular formula is C46H76N2O2. The van der Waals surface area contributed by atoms with Gasteiger partial charge in [0.15, 0.2) is 0 Å². The van der Waals surface area contributed by atoms with E-state index in [-0.39, 0.29) is 33.7 Å². The van der Waals surface area contributed by atoms with Gasteiger partial charge in [-0.3, -0.25) is 9.89 Å². The first-order valence-corrected chi connectivity index (χ1v) is 19.9. The molecule has 0 amide bonds. The van der Waals surface area contributed by atoms with Crippen LogP contribution in [0.25, 0.3) is 0 Å². The van der Waals surface area contributed by atoms with E-state index in [0.29, 0.717) is 41.7 Å². The lowest BCUT2D eigenvalue weighted by atomic mass is 9.69. The second-order valence-electron chi connectivity index (χ2n) is 19.3. The number of phenols is 2. The molecule has 2 atom stereocenters. The highest BCUT2D eigenvalue weighted by Crippen LogP contribution is 2.45. The molecule has 1 aliphatic carbocycles. The maximum atomic E-state index is 12.0. The van der Waals surface area contributed by atoms with Crippen LogP contribution in [0.4, 0.5) is 0 Å². The summed E-state index contributed by atoms with van der Waals surface area (Å²) < 4.78 is 0. The fourth-order valence-corrected chi connectivity index (χ4v) is 7.14. The van der Waals surface area contributed by atoms with Crippen LogP contribution in [-0.4, -0.2) is 40.0 Å². The van der Waals surface area contributed by atoms with Gasteiger partial charge < -0.3 is 10.2 Å². The van der Waals surface area contributed by atoms with Crippen LogP contribution in [0.15, 0.2) is 29.3 Å². The van der Waals surface area contributed by atoms with Crippen LogP contribution in [0.2, 0.25) is 0 Å². The van der Waals surface area contributed by atoms with E-state index in [0.717, 1.165) is 48.1 Å². The van der Waals surface area contributed by atoms with E-state index in [1.165, 1.54) is 17.5 Å². The Hall–Kier alpha value is -2.33. The lowest BCUT2D eigenvalue weighted by molar-refractivity contribution is 0.136. The Balaban J connectivity index is 2.12. The zero-order chi connectivity index (χ0) is 38.1. The third-order valence-corrected chi connectivity index (χ3v) is 14.3. The van der Waals surface area contributed by atoms with E-state index in [1.807, 2.05) is 6.21 Å². The van der Waals surface area contributed by atoms with E-state index in [9.17, 15) is 10.2 Å². The number of aliphatic imine (C=N–C) groups is 1. The van der Waals surface area contributed by atoms with E-state index in [2.05, 4.69) is 147 Å². The first kappa shape index (κ1) is 42.1. The molecule has 1 fully saturated rings. The third-order valence-electron chi connectivity index (χ3n) is 14.3. The van der Waals surface area contributed by atoms with Crippen molar-refractivity contribution in [3.63, 3.8) is 0 Å². The minimum absolute atomic E-state index is 0.0252. The molecule has 0 aliphatic heterocycles. The van der Waals surface area contributed by atoms with E-state index >= 15 is 0 Å². The third kappa shape index (κ3) is 8.48. The molecule has 0 bridgehead atoms. The van der Waals surface area contributed by atoms with Crippen molar-refractivity contribution >= 4 is 6.21 Å². The van der Waals surface area contributed by atoms with Crippen molar-refractivity contribution < 1.29 is 10.2 Å². The standard InChI is InChI=1S/C46H76N2O2/c1-18-48(28-34-24-36(44(12,13)30(4)5)26-38(42(34)50)46(16,17)32(8)9)40-22-20-19-21-39(40)47-27-33-23-35(43(10,11)29(2)3)25-37(41(33)49)45(14,15)31(6)7/h23-27,29-32,39-40,49-50H,18-22,28H2,1-17H3/t39-,40-/m1/s1. The molecule has 1 saturated carbocycles. The molecule has 0 saturated heterocycles. The van der Waals surface area contributed by atoms with Crippen LogP contribution < -0.4 is 0 Å². The second-order valence-corrected chi connectivity index (χ2v) is 19.3. The minimum atomic E-state index is -0.189. The average molecular weight is 689 g/mol. The molecule has 0 heterocycles. The molecule has 2 aromatic rings. The molecule has 50 heavy (non-hydrogen) atoms. The highest BCUT2D eigenvalue weighted by molar-refractivity contribution is 5.85. The Kier molecular flexibility index (Phi) is 13.2. The van der Waals surface area contributed by atoms with Gasteiger partial charge in [0.2, 0.25) is 0 Å². The summed E-state index contributed by atoms with van der Waals surface area (Å²) in [5.74, 6) is 2.47. The highest BCUT2D eigenvalue weighted by atomic mass is 16.3. The van der Waals surface area contributed by atoms with Crippen LogP contribution >= 0.6 is 0 Å². The summed E-state index contributed by atoms with van der Waals surface area (Å²) in [5, 5.41) is 23.8. The average Bonchev–Trinajstić information content (AvgIpc) is 3.03. The summed E-state index contributed by atoms with van der Waals surface area (Å²) in [4.78, 5) is 7.89. The van der Waals surface area contributed by atoms with Crippen molar-refractivity contribution in [3.8, 4) is 11.5 Å². The molecule has 0 radical (unpaired) electrons. The Morgan fingerprint density at radius 3 is 1.56 bits per heavy atom. The van der Waals surface area contributed by atoms with Crippen molar-refractivity contribution in [1.29, 1.82) is 0 Å². The highest BCUT2D eigenvalue weighted by Gasteiger charge is 2.36. The largest absolute Gasteiger partial charge is 0.507 e. The number of benzene rings is 2. The Morgan fingerprint density at radius 2 is 1.10 bits per heavy atom. The summed E-state index contributed by atoms with van der Waals surface area (Å²) in [6.07, 6.45) is 6.43. The number of nitrogens with zero attached hydrogens (tertiary/aromatic N) is 2. The topological polar surface area (TPSA) is 56.1 Å². The van der Waals surface area contributed by atoms with Gasteiger partial charge in [-0.1, -0.05) is 149 Å². The van der Waals surface area contributed by atoms with E-state index < -0.39 is 0 Å². The van der Waals surface area contributed by atoms with Crippen LogP contribution in [0.1, 0.15) is 177 Å². The monoisotopic (exact) mass is 689 g/mol. The summed E-state index contributed by atoms with van der Waals surface area (Å²) in [6.45, 7) is 40.3. The fourth-order valence-electron chi connectivity index (χ4n) is 7.14. The molecule has 4 heteroatoms. The van der Waals surface area contributed by atoms with Crippen LogP contribution in [0.3, 0.4) is 0 Å². The Morgan fingerprint density at radius 1 is 0.660 bits per heavy atom. The zero-order valence-corrected chi connectivity index (χ0v) is 35.4. The van der Waals surface area contributed by atoms with E-state index in [1.54, 1.807) is 0 Å². The first-order valence-electron chi connectivity index (χ1n) is 19.9. The number of phenolic OH excluding ortho intramolecular Hbond substituents is 2. The fraction of sp³-hybridized carbons (Fsp3) is 0.717. The maximum Gasteiger partial charge on any atom is 0.128 e. The molecule has 1 aliphatic rings. The van der Waals surface area contributed by atoms with Crippen molar-refractivity contribution in [2.24, 2.45) is 28.7 Å². The minimum Gasteiger partial charge on any atom is -0.507 e. The van der Waals surface area contributed by atoms with Gasteiger partial charge in [0.05, 0.1) is 6.04 Å². The predicted octanol–water partition coefficient (Wildman–Crippen LogP) is 12.1.